The zero-order valence-corrected chi connectivity index (χ0v) is 18.6. The van der Waals surface area contributed by atoms with Crippen LogP contribution in [0.25, 0.3) is 0 Å². The molecule has 0 aliphatic rings. The van der Waals surface area contributed by atoms with Crippen LogP contribution in [0, 0.1) is 0 Å². The van der Waals surface area contributed by atoms with Crippen LogP contribution in [0.5, 0.6) is 0 Å². The molecule has 116 valence electrons. The van der Waals surface area contributed by atoms with Crippen molar-refractivity contribution in [2.45, 2.75) is 71.8 Å². The summed E-state index contributed by atoms with van der Waals surface area (Å²) < 4.78 is 12.2. The summed E-state index contributed by atoms with van der Waals surface area (Å²) in [6.45, 7) is 23.5. The molecule has 0 aliphatic carbocycles. The summed E-state index contributed by atoms with van der Waals surface area (Å²) >= 11 is 0. The fraction of sp³-hybridized carbons (Fsp3) is 1.00. The summed E-state index contributed by atoms with van der Waals surface area (Å²) in [5.74, 6) is 0. The molecule has 0 saturated heterocycles. The Morgan fingerprint density at radius 3 is 1.42 bits per heavy atom. The van der Waals surface area contributed by atoms with Crippen molar-refractivity contribution >= 4 is 31.8 Å². The molecule has 0 aliphatic heterocycles. The Balaban J connectivity index is 5.33. The Morgan fingerprint density at radius 2 is 1.21 bits per heavy atom. The minimum atomic E-state index is -1.51. The maximum atomic E-state index is 6.08. The summed E-state index contributed by atoms with van der Waals surface area (Å²) in [4.78, 5) is 0. The smallest absolute Gasteiger partial charge is 0.328 e. The van der Waals surface area contributed by atoms with Gasteiger partial charge in [-0.2, -0.15) is 0 Å². The van der Waals surface area contributed by atoms with Crippen molar-refractivity contribution in [3.8, 4) is 0 Å². The molecule has 0 aromatic heterocycles. The van der Waals surface area contributed by atoms with Gasteiger partial charge in [-0.25, -0.2) is 0 Å². The quantitative estimate of drug-likeness (QED) is 0.446. The second kappa shape index (κ2) is 8.44. The minimum Gasteiger partial charge on any atom is -0.396 e. The fourth-order valence-electron chi connectivity index (χ4n) is 3.10. The first kappa shape index (κ1) is 20.0. The van der Waals surface area contributed by atoms with Gasteiger partial charge in [-0.05, 0) is 20.3 Å². The van der Waals surface area contributed by atoms with Gasteiger partial charge in [-0.15, -0.1) is 7.02 Å². The third-order valence-corrected chi connectivity index (χ3v) is 35.7. The van der Waals surface area contributed by atoms with Gasteiger partial charge in [0.05, 0.1) is 15.5 Å². The van der Waals surface area contributed by atoms with Crippen LogP contribution >= 0.6 is 7.02 Å². The standard InChI is InChI=1S/C13H35O2PSi3/c1-10-13(17(14-11-2)15-12-3)16(18(4,5)6)19(7,8)9/h13,17H,10-12H2,1-9H3. The van der Waals surface area contributed by atoms with Gasteiger partial charge >= 0.3 is 9.28 Å². The molecule has 1 unspecified atom stereocenters. The Kier molecular flexibility index (Phi) is 8.89. The third-order valence-electron chi connectivity index (χ3n) is 3.17. The fourth-order valence-corrected chi connectivity index (χ4v) is 52.0. The molecule has 0 aromatic rings. The van der Waals surface area contributed by atoms with Crippen molar-refractivity contribution in [2.24, 2.45) is 0 Å². The van der Waals surface area contributed by atoms with Crippen LogP contribution < -0.4 is 0 Å². The van der Waals surface area contributed by atoms with Crippen LogP contribution in [-0.4, -0.2) is 43.3 Å². The first-order chi connectivity index (χ1) is 8.59. The molecule has 0 bridgehead atoms. The van der Waals surface area contributed by atoms with Gasteiger partial charge in [0.2, 0.25) is 0 Å². The molecule has 0 spiro atoms. The van der Waals surface area contributed by atoms with Crippen molar-refractivity contribution in [3.05, 3.63) is 0 Å². The SMILES string of the molecule is CCO[SiH](OCC)C(CC)P([Si](C)(C)C)[Si](C)(C)C. The van der Waals surface area contributed by atoms with E-state index in [9.17, 15) is 0 Å². The van der Waals surface area contributed by atoms with Gasteiger partial charge in [-0.1, -0.05) is 46.2 Å². The molecule has 19 heavy (non-hydrogen) atoms. The zero-order valence-electron chi connectivity index (χ0n) is 14.5. The van der Waals surface area contributed by atoms with E-state index in [1.54, 1.807) is 0 Å². The number of rotatable bonds is 9. The zero-order chi connectivity index (χ0) is 15.3. The van der Waals surface area contributed by atoms with E-state index in [4.69, 9.17) is 8.85 Å². The van der Waals surface area contributed by atoms with E-state index >= 15 is 0 Å². The average molecular weight is 339 g/mol. The Labute approximate surface area is 126 Å². The van der Waals surface area contributed by atoms with Gasteiger partial charge in [0, 0.05) is 18.5 Å². The van der Waals surface area contributed by atoms with Crippen molar-refractivity contribution in [3.63, 3.8) is 0 Å². The Morgan fingerprint density at radius 1 is 0.842 bits per heavy atom. The predicted molar refractivity (Wildman–Crippen MR) is 98.1 cm³/mol. The Bertz CT molecular complexity index is 231. The van der Waals surface area contributed by atoms with Gasteiger partial charge < -0.3 is 8.85 Å². The summed E-state index contributed by atoms with van der Waals surface area (Å²) in [6.07, 6.45) is 1.25. The highest BCUT2D eigenvalue weighted by Crippen LogP contribution is 2.59. The highest BCUT2D eigenvalue weighted by Gasteiger charge is 2.45. The molecule has 2 nitrogen and oxygen atoms in total. The second-order valence-corrected chi connectivity index (χ2v) is 32.1. The lowest BCUT2D eigenvalue weighted by atomic mass is 10.6. The minimum absolute atomic E-state index is 0.121. The average Bonchev–Trinajstić information content (AvgIpc) is 2.21. The van der Waals surface area contributed by atoms with Crippen LogP contribution in [0.15, 0.2) is 0 Å². The number of hydrogen-bond acceptors (Lipinski definition) is 2. The van der Waals surface area contributed by atoms with Crippen LogP contribution in [0.4, 0.5) is 0 Å². The topological polar surface area (TPSA) is 18.5 Å². The largest absolute Gasteiger partial charge is 0.396 e. The van der Waals surface area contributed by atoms with Crippen molar-refractivity contribution < 1.29 is 8.85 Å². The monoisotopic (exact) mass is 338 g/mol. The van der Waals surface area contributed by atoms with Gasteiger partial charge in [0.25, 0.3) is 0 Å². The van der Waals surface area contributed by atoms with Gasteiger partial charge in [-0.3, -0.25) is 0 Å². The molecular formula is C13H35O2PSi3. The van der Waals surface area contributed by atoms with E-state index in [1.807, 2.05) is 0 Å². The van der Waals surface area contributed by atoms with Crippen molar-refractivity contribution in [1.29, 1.82) is 0 Å². The normalized spacial score (nSPS) is 15.3. The summed E-state index contributed by atoms with van der Waals surface area (Å²) in [5, 5.41) is 0.758. The molecule has 0 amide bonds. The molecule has 0 aromatic carbocycles. The van der Waals surface area contributed by atoms with Crippen LogP contribution in [0.2, 0.25) is 39.3 Å². The molecule has 0 saturated carbocycles. The predicted octanol–water partition coefficient (Wildman–Crippen LogP) is 4.75. The van der Waals surface area contributed by atoms with Gasteiger partial charge in [0.1, 0.15) is 0 Å². The molecule has 0 radical (unpaired) electrons. The van der Waals surface area contributed by atoms with Crippen LogP contribution in [0.1, 0.15) is 27.2 Å². The van der Waals surface area contributed by atoms with E-state index in [-0.39, 0.29) is 7.02 Å². The first-order valence-electron chi connectivity index (χ1n) is 7.62. The second-order valence-electron chi connectivity index (χ2n) is 6.97. The van der Waals surface area contributed by atoms with Crippen LogP contribution in [-0.2, 0) is 8.85 Å². The maximum Gasteiger partial charge on any atom is 0.328 e. The summed E-state index contributed by atoms with van der Waals surface area (Å²) in [7, 11) is -3.64. The highest BCUT2D eigenvalue weighted by atomic mass is 31.6. The molecule has 0 rings (SSSR count). The maximum absolute atomic E-state index is 6.08. The highest BCUT2D eigenvalue weighted by molar-refractivity contribution is 8.19. The van der Waals surface area contributed by atoms with E-state index in [0.29, 0.717) is 0 Å². The van der Waals surface area contributed by atoms with E-state index < -0.39 is 24.8 Å². The van der Waals surface area contributed by atoms with E-state index in [2.05, 4.69) is 60.1 Å². The summed E-state index contributed by atoms with van der Waals surface area (Å²) in [5.41, 5.74) is 0. The molecule has 0 fully saturated rings. The third kappa shape index (κ3) is 6.53. The van der Waals surface area contributed by atoms with Crippen molar-refractivity contribution in [1.82, 2.24) is 0 Å². The van der Waals surface area contributed by atoms with E-state index in [1.165, 1.54) is 6.42 Å². The summed E-state index contributed by atoms with van der Waals surface area (Å²) in [6, 6.07) is 0. The van der Waals surface area contributed by atoms with Crippen molar-refractivity contribution in [2.75, 3.05) is 13.2 Å². The molecule has 1 atom stereocenters. The molecule has 6 heteroatoms. The van der Waals surface area contributed by atoms with E-state index in [0.717, 1.165) is 18.5 Å². The lowest BCUT2D eigenvalue weighted by Gasteiger charge is -2.46. The molecule has 0 heterocycles. The lowest BCUT2D eigenvalue weighted by molar-refractivity contribution is 0.211. The molecule has 0 N–H and O–H groups in total. The lowest BCUT2D eigenvalue weighted by Crippen LogP contribution is -2.46. The number of hydrogen-bond donors (Lipinski definition) is 0. The first-order valence-corrected chi connectivity index (χ1v) is 19.3. The Hall–Kier alpha value is 1.00. The van der Waals surface area contributed by atoms with Gasteiger partial charge in [0.15, 0.2) is 0 Å². The van der Waals surface area contributed by atoms with Crippen LogP contribution in [0.3, 0.4) is 0 Å². The molecular weight excluding hydrogens is 303 g/mol.